The highest BCUT2D eigenvalue weighted by Gasteiger charge is 2.31. The van der Waals surface area contributed by atoms with Crippen LogP contribution in [0.4, 0.5) is 5.69 Å². The van der Waals surface area contributed by atoms with E-state index in [4.69, 9.17) is 5.73 Å². The highest BCUT2D eigenvalue weighted by molar-refractivity contribution is 5.95. The minimum Gasteiger partial charge on any atom is -0.330 e. The molecule has 1 aliphatic rings. The zero-order valence-corrected chi connectivity index (χ0v) is 11.4. The summed E-state index contributed by atoms with van der Waals surface area (Å²) in [5, 5.41) is 4.05. The van der Waals surface area contributed by atoms with Gasteiger partial charge < -0.3 is 11.1 Å². The first-order valence-electron chi connectivity index (χ1n) is 7.13. The van der Waals surface area contributed by atoms with Crippen molar-refractivity contribution in [1.82, 2.24) is 4.98 Å². The minimum absolute atomic E-state index is 0.0598. The molecule has 2 aromatic rings. The van der Waals surface area contributed by atoms with E-state index in [1.165, 1.54) is 0 Å². The number of hydrogen-bond donors (Lipinski definition) is 2. The van der Waals surface area contributed by atoms with Gasteiger partial charge in [-0.15, -0.1) is 0 Å². The molecule has 0 bridgehead atoms. The summed E-state index contributed by atoms with van der Waals surface area (Å²) in [4.78, 5) is 16.6. The van der Waals surface area contributed by atoms with Gasteiger partial charge in [0.05, 0.1) is 5.52 Å². The zero-order valence-electron chi connectivity index (χ0n) is 11.4. The number of hydrogen-bond acceptors (Lipinski definition) is 3. The van der Waals surface area contributed by atoms with Gasteiger partial charge in [0.2, 0.25) is 5.91 Å². The van der Waals surface area contributed by atoms with Gasteiger partial charge >= 0.3 is 0 Å². The third-order valence-electron chi connectivity index (χ3n) is 4.17. The molecule has 0 aliphatic heterocycles. The summed E-state index contributed by atoms with van der Waals surface area (Å²) >= 11 is 0. The maximum Gasteiger partial charge on any atom is 0.227 e. The number of amides is 1. The fraction of sp³-hybridized carbons (Fsp3) is 0.375. The standard InChI is InChI=1S/C16H19N3O/c17-10-12-3-1-5-14(12)16(20)19-13-6-7-15-11(9-13)4-2-8-18-15/h2,4,6-9,12,14H,1,3,5,10,17H2,(H,19,20). The predicted octanol–water partition coefficient (Wildman–Crippen LogP) is 2.55. The molecule has 2 unspecified atom stereocenters. The smallest absolute Gasteiger partial charge is 0.227 e. The molecule has 3 rings (SSSR count). The normalized spacial score (nSPS) is 22.1. The van der Waals surface area contributed by atoms with Gasteiger partial charge in [-0.25, -0.2) is 0 Å². The van der Waals surface area contributed by atoms with Crippen molar-refractivity contribution in [3.63, 3.8) is 0 Å². The first kappa shape index (κ1) is 13.1. The lowest BCUT2D eigenvalue weighted by atomic mass is 9.95. The second-order valence-electron chi connectivity index (χ2n) is 5.43. The van der Waals surface area contributed by atoms with Gasteiger partial charge in [0.1, 0.15) is 0 Å². The van der Waals surface area contributed by atoms with E-state index in [1.54, 1.807) is 6.20 Å². The van der Waals surface area contributed by atoms with Crippen LogP contribution in [0.15, 0.2) is 36.5 Å². The molecule has 1 fully saturated rings. The summed E-state index contributed by atoms with van der Waals surface area (Å²) in [5.41, 5.74) is 7.51. The van der Waals surface area contributed by atoms with Crippen LogP contribution in [-0.2, 0) is 4.79 Å². The Balaban J connectivity index is 1.77. The van der Waals surface area contributed by atoms with Crippen LogP contribution < -0.4 is 11.1 Å². The van der Waals surface area contributed by atoms with E-state index in [-0.39, 0.29) is 11.8 Å². The Kier molecular flexibility index (Phi) is 3.65. The number of fused-ring (bicyclic) bond motifs is 1. The van der Waals surface area contributed by atoms with Crippen LogP contribution in [0.5, 0.6) is 0 Å². The minimum atomic E-state index is 0.0598. The van der Waals surface area contributed by atoms with Gasteiger partial charge in [-0.1, -0.05) is 12.5 Å². The number of nitrogens with two attached hydrogens (primary N) is 1. The molecule has 4 heteroatoms. The maximum atomic E-state index is 12.3. The van der Waals surface area contributed by atoms with E-state index in [0.717, 1.165) is 35.9 Å². The van der Waals surface area contributed by atoms with Gasteiger partial charge in [0.25, 0.3) is 0 Å². The topological polar surface area (TPSA) is 68.0 Å². The molecule has 104 valence electrons. The van der Waals surface area contributed by atoms with E-state index in [9.17, 15) is 4.79 Å². The average Bonchev–Trinajstić information content (AvgIpc) is 2.95. The van der Waals surface area contributed by atoms with E-state index in [0.29, 0.717) is 12.5 Å². The molecular weight excluding hydrogens is 250 g/mol. The molecule has 0 spiro atoms. The monoisotopic (exact) mass is 269 g/mol. The van der Waals surface area contributed by atoms with Crippen molar-refractivity contribution in [3.8, 4) is 0 Å². The number of aromatic nitrogens is 1. The van der Waals surface area contributed by atoms with Crippen LogP contribution in [0.1, 0.15) is 19.3 Å². The Morgan fingerprint density at radius 1 is 1.35 bits per heavy atom. The summed E-state index contributed by atoms with van der Waals surface area (Å²) < 4.78 is 0. The molecule has 1 aromatic heterocycles. The number of rotatable bonds is 3. The molecular formula is C16H19N3O. The van der Waals surface area contributed by atoms with Crippen molar-refractivity contribution in [3.05, 3.63) is 36.5 Å². The Hall–Kier alpha value is -1.94. The van der Waals surface area contributed by atoms with Crippen LogP contribution in [0.2, 0.25) is 0 Å². The largest absolute Gasteiger partial charge is 0.330 e. The van der Waals surface area contributed by atoms with Crippen LogP contribution in [0.25, 0.3) is 10.9 Å². The Morgan fingerprint density at radius 2 is 2.25 bits per heavy atom. The van der Waals surface area contributed by atoms with Crippen LogP contribution >= 0.6 is 0 Å². The SMILES string of the molecule is NCC1CCCC1C(=O)Nc1ccc2ncccc2c1. The number of anilines is 1. The predicted molar refractivity (Wildman–Crippen MR) is 80.3 cm³/mol. The molecule has 2 atom stereocenters. The number of nitrogens with one attached hydrogen (secondary N) is 1. The summed E-state index contributed by atoms with van der Waals surface area (Å²) in [7, 11) is 0. The molecule has 1 saturated carbocycles. The summed E-state index contributed by atoms with van der Waals surface area (Å²) in [5.74, 6) is 0.489. The Morgan fingerprint density at radius 3 is 3.10 bits per heavy atom. The molecule has 0 saturated heterocycles. The Labute approximate surface area is 118 Å². The second-order valence-corrected chi connectivity index (χ2v) is 5.43. The van der Waals surface area contributed by atoms with Crippen LogP contribution in [0, 0.1) is 11.8 Å². The lowest BCUT2D eigenvalue weighted by Gasteiger charge is -2.17. The quantitative estimate of drug-likeness (QED) is 0.899. The van der Waals surface area contributed by atoms with Crippen LogP contribution in [-0.4, -0.2) is 17.4 Å². The molecule has 1 aromatic carbocycles. The van der Waals surface area contributed by atoms with Crippen molar-refractivity contribution in [2.24, 2.45) is 17.6 Å². The third-order valence-corrected chi connectivity index (χ3v) is 4.17. The van der Waals surface area contributed by atoms with Gasteiger partial charge in [-0.3, -0.25) is 9.78 Å². The van der Waals surface area contributed by atoms with E-state index in [2.05, 4.69) is 10.3 Å². The van der Waals surface area contributed by atoms with Crippen LogP contribution in [0.3, 0.4) is 0 Å². The van der Waals surface area contributed by atoms with E-state index >= 15 is 0 Å². The molecule has 1 heterocycles. The van der Waals surface area contributed by atoms with Gasteiger partial charge in [-0.2, -0.15) is 0 Å². The highest BCUT2D eigenvalue weighted by Crippen LogP contribution is 2.32. The molecule has 3 N–H and O–H groups in total. The van der Waals surface area contributed by atoms with Crippen molar-refractivity contribution in [1.29, 1.82) is 0 Å². The number of nitrogens with zero attached hydrogens (tertiary/aromatic N) is 1. The fourth-order valence-electron chi connectivity index (χ4n) is 3.05. The zero-order chi connectivity index (χ0) is 13.9. The summed E-state index contributed by atoms with van der Waals surface area (Å²) in [6.07, 6.45) is 4.88. The second kappa shape index (κ2) is 5.59. The molecule has 20 heavy (non-hydrogen) atoms. The first-order valence-corrected chi connectivity index (χ1v) is 7.13. The summed E-state index contributed by atoms with van der Waals surface area (Å²) in [6, 6.07) is 9.69. The number of carbonyl (C=O) groups is 1. The van der Waals surface area contributed by atoms with Crippen molar-refractivity contribution in [2.75, 3.05) is 11.9 Å². The molecule has 1 amide bonds. The lowest BCUT2D eigenvalue weighted by molar-refractivity contribution is -0.120. The summed E-state index contributed by atoms with van der Waals surface area (Å²) in [6.45, 7) is 0.597. The maximum absolute atomic E-state index is 12.3. The van der Waals surface area contributed by atoms with Gasteiger partial charge in [-0.05, 0) is 49.6 Å². The number of pyridine rings is 1. The van der Waals surface area contributed by atoms with Gasteiger partial charge in [0.15, 0.2) is 0 Å². The molecule has 1 aliphatic carbocycles. The molecule has 0 radical (unpaired) electrons. The van der Waals surface area contributed by atoms with Crippen molar-refractivity contribution in [2.45, 2.75) is 19.3 Å². The van der Waals surface area contributed by atoms with Crippen molar-refractivity contribution >= 4 is 22.5 Å². The molecule has 4 nitrogen and oxygen atoms in total. The fourth-order valence-corrected chi connectivity index (χ4v) is 3.05. The van der Waals surface area contributed by atoms with Crippen molar-refractivity contribution < 1.29 is 4.79 Å². The van der Waals surface area contributed by atoms with Gasteiger partial charge in [0, 0.05) is 23.2 Å². The average molecular weight is 269 g/mol. The number of carbonyl (C=O) groups excluding carboxylic acids is 1. The van der Waals surface area contributed by atoms with E-state index < -0.39 is 0 Å². The number of benzene rings is 1. The Bertz CT molecular complexity index is 626. The third kappa shape index (κ3) is 2.51. The lowest BCUT2D eigenvalue weighted by Crippen LogP contribution is -2.29. The van der Waals surface area contributed by atoms with E-state index in [1.807, 2.05) is 30.3 Å². The highest BCUT2D eigenvalue weighted by atomic mass is 16.1. The first-order chi connectivity index (χ1) is 9.78.